The first-order valence-electron chi connectivity index (χ1n) is 4.10. The molecule has 3 N–H and O–H groups in total. The van der Waals surface area contributed by atoms with Gasteiger partial charge in [-0.05, 0) is 6.07 Å². The minimum Gasteiger partial charge on any atom is -0.493 e. The van der Waals surface area contributed by atoms with Gasteiger partial charge in [0.25, 0.3) is 0 Å². The molecule has 1 aromatic carbocycles. The summed E-state index contributed by atoms with van der Waals surface area (Å²) in [6.45, 7) is -3.24. The van der Waals surface area contributed by atoms with Crippen LogP contribution in [0.2, 0.25) is 0 Å². The van der Waals surface area contributed by atoms with E-state index in [4.69, 9.17) is 15.6 Å². The van der Waals surface area contributed by atoms with E-state index < -0.39 is 6.61 Å². The number of methoxy groups -OCH3 is 1. The van der Waals surface area contributed by atoms with Crippen LogP contribution in [0.3, 0.4) is 0 Å². The van der Waals surface area contributed by atoms with E-state index in [2.05, 4.69) is 4.74 Å². The molecule has 0 atom stereocenters. The molecule has 0 aromatic heterocycles. The van der Waals surface area contributed by atoms with Crippen LogP contribution in [-0.2, 0) is 6.61 Å². The maximum absolute atomic E-state index is 12.0. The predicted molar refractivity (Wildman–Crippen MR) is 50.0 cm³/mol. The van der Waals surface area contributed by atoms with Gasteiger partial charge in [0.2, 0.25) is 0 Å². The van der Waals surface area contributed by atoms with Crippen molar-refractivity contribution in [2.45, 2.75) is 13.2 Å². The van der Waals surface area contributed by atoms with E-state index in [0.29, 0.717) is 5.56 Å². The summed E-state index contributed by atoms with van der Waals surface area (Å²) < 4.78 is 33.0. The zero-order chi connectivity index (χ0) is 11.4. The highest BCUT2D eigenvalue weighted by Crippen LogP contribution is 2.33. The zero-order valence-electron chi connectivity index (χ0n) is 8.04. The van der Waals surface area contributed by atoms with Gasteiger partial charge in [-0.1, -0.05) is 0 Å². The van der Waals surface area contributed by atoms with Gasteiger partial charge in [0.05, 0.1) is 13.7 Å². The van der Waals surface area contributed by atoms with Crippen molar-refractivity contribution in [2.24, 2.45) is 0 Å². The fraction of sp³-hybridized carbons (Fsp3) is 0.333. The van der Waals surface area contributed by atoms with E-state index in [-0.39, 0.29) is 23.8 Å². The largest absolute Gasteiger partial charge is 0.493 e. The Kier molecular flexibility index (Phi) is 3.68. The fourth-order valence-electron chi connectivity index (χ4n) is 1.10. The van der Waals surface area contributed by atoms with Crippen molar-refractivity contribution < 1.29 is 23.4 Å². The van der Waals surface area contributed by atoms with Crippen LogP contribution < -0.4 is 15.2 Å². The molecule has 1 aromatic rings. The summed E-state index contributed by atoms with van der Waals surface area (Å²) in [6, 6.07) is 2.55. The number of anilines is 1. The van der Waals surface area contributed by atoms with Crippen molar-refractivity contribution in [3.05, 3.63) is 17.7 Å². The van der Waals surface area contributed by atoms with Crippen molar-refractivity contribution in [3.63, 3.8) is 0 Å². The number of hydrogen-bond donors (Lipinski definition) is 2. The third-order valence-corrected chi connectivity index (χ3v) is 1.81. The summed E-state index contributed by atoms with van der Waals surface area (Å²) in [4.78, 5) is 0. The minimum atomic E-state index is -2.95. The number of nitrogen functional groups attached to an aromatic ring is 1. The molecule has 0 spiro atoms. The van der Waals surface area contributed by atoms with E-state index in [1.807, 2.05) is 0 Å². The van der Waals surface area contributed by atoms with Gasteiger partial charge in [-0.15, -0.1) is 0 Å². The molecule has 1 rings (SSSR count). The lowest BCUT2D eigenvalue weighted by Crippen LogP contribution is -2.05. The van der Waals surface area contributed by atoms with Gasteiger partial charge in [-0.25, -0.2) is 0 Å². The highest BCUT2D eigenvalue weighted by molar-refractivity contribution is 5.57. The summed E-state index contributed by atoms with van der Waals surface area (Å²) in [5.74, 6) is -0.0456. The molecule has 4 nitrogen and oxygen atoms in total. The van der Waals surface area contributed by atoms with Gasteiger partial charge in [0.15, 0.2) is 11.5 Å². The minimum absolute atomic E-state index is 0.105. The molecule has 84 valence electrons. The Balaban J connectivity index is 3.09. The second kappa shape index (κ2) is 4.79. The average molecular weight is 219 g/mol. The molecular formula is C9H11F2NO3. The normalized spacial score (nSPS) is 10.5. The van der Waals surface area contributed by atoms with Crippen LogP contribution in [0, 0.1) is 0 Å². The van der Waals surface area contributed by atoms with Crippen molar-refractivity contribution in [2.75, 3.05) is 12.8 Å². The molecule has 0 heterocycles. The molecular weight excluding hydrogens is 208 g/mol. The molecule has 0 aliphatic carbocycles. The lowest BCUT2D eigenvalue weighted by molar-refractivity contribution is -0.0511. The summed E-state index contributed by atoms with van der Waals surface area (Å²) >= 11 is 0. The Morgan fingerprint density at radius 1 is 1.40 bits per heavy atom. The third-order valence-electron chi connectivity index (χ3n) is 1.81. The summed E-state index contributed by atoms with van der Waals surface area (Å²) in [5.41, 5.74) is 6.06. The molecule has 0 saturated heterocycles. The van der Waals surface area contributed by atoms with E-state index in [1.165, 1.54) is 19.2 Å². The van der Waals surface area contributed by atoms with Gasteiger partial charge in [-0.3, -0.25) is 0 Å². The lowest BCUT2D eigenvalue weighted by atomic mass is 10.1. The van der Waals surface area contributed by atoms with Crippen LogP contribution >= 0.6 is 0 Å². The first-order valence-corrected chi connectivity index (χ1v) is 4.10. The van der Waals surface area contributed by atoms with Crippen LogP contribution in [0.5, 0.6) is 11.5 Å². The van der Waals surface area contributed by atoms with Crippen LogP contribution in [-0.4, -0.2) is 18.8 Å². The number of benzene rings is 1. The Morgan fingerprint density at radius 3 is 2.53 bits per heavy atom. The van der Waals surface area contributed by atoms with Crippen molar-refractivity contribution in [1.29, 1.82) is 0 Å². The van der Waals surface area contributed by atoms with Crippen LogP contribution in [0.1, 0.15) is 5.56 Å². The first kappa shape index (κ1) is 11.5. The molecule has 0 fully saturated rings. The molecule has 6 heteroatoms. The Hall–Kier alpha value is -1.56. The van der Waals surface area contributed by atoms with Crippen LogP contribution in [0.25, 0.3) is 0 Å². The molecule has 0 aliphatic rings. The molecule has 0 amide bonds. The molecule has 0 unspecified atom stereocenters. The topological polar surface area (TPSA) is 64.7 Å². The Bertz CT molecular complexity index is 344. The number of aliphatic hydroxyl groups excluding tert-OH is 1. The fourth-order valence-corrected chi connectivity index (χ4v) is 1.10. The number of rotatable bonds is 4. The average Bonchev–Trinajstić information content (AvgIpc) is 2.17. The molecule has 0 bridgehead atoms. The Morgan fingerprint density at radius 2 is 2.07 bits per heavy atom. The van der Waals surface area contributed by atoms with Gasteiger partial charge in [0.1, 0.15) is 0 Å². The summed E-state index contributed by atoms with van der Waals surface area (Å²) in [7, 11) is 1.31. The van der Waals surface area contributed by atoms with Crippen molar-refractivity contribution in [1.82, 2.24) is 0 Å². The van der Waals surface area contributed by atoms with Crippen LogP contribution in [0.15, 0.2) is 12.1 Å². The van der Waals surface area contributed by atoms with Crippen molar-refractivity contribution in [3.8, 4) is 11.5 Å². The van der Waals surface area contributed by atoms with E-state index in [0.717, 1.165) is 0 Å². The zero-order valence-corrected chi connectivity index (χ0v) is 8.04. The Labute approximate surface area is 85.2 Å². The molecule has 0 aliphatic heterocycles. The monoisotopic (exact) mass is 219 g/mol. The highest BCUT2D eigenvalue weighted by Gasteiger charge is 2.13. The third kappa shape index (κ3) is 2.69. The maximum Gasteiger partial charge on any atom is 0.387 e. The van der Waals surface area contributed by atoms with E-state index >= 15 is 0 Å². The van der Waals surface area contributed by atoms with Crippen LogP contribution in [0.4, 0.5) is 14.5 Å². The SMILES string of the molecule is COc1cc(CO)c(N)cc1OC(F)F. The number of alkyl halides is 2. The standard InChI is InChI=1S/C9H11F2NO3/c1-14-7-2-5(4-13)6(12)3-8(7)15-9(10)11/h2-3,9,13H,4,12H2,1H3. The van der Waals surface area contributed by atoms with Gasteiger partial charge >= 0.3 is 6.61 Å². The number of hydrogen-bond acceptors (Lipinski definition) is 4. The number of halogens is 2. The second-order valence-corrected chi connectivity index (χ2v) is 2.74. The second-order valence-electron chi connectivity index (χ2n) is 2.74. The highest BCUT2D eigenvalue weighted by atomic mass is 19.3. The number of ether oxygens (including phenoxy) is 2. The van der Waals surface area contributed by atoms with Crippen molar-refractivity contribution >= 4 is 5.69 Å². The predicted octanol–water partition coefficient (Wildman–Crippen LogP) is 1.37. The number of nitrogens with two attached hydrogens (primary N) is 1. The quantitative estimate of drug-likeness (QED) is 0.750. The molecule has 0 saturated carbocycles. The lowest BCUT2D eigenvalue weighted by Gasteiger charge is -2.12. The number of aliphatic hydroxyl groups is 1. The first-order chi connectivity index (χ1) is 7.08. The van der Waals surface area contributed by atoms with E-state index in [9.17, 15) is 8.78 Å². The van der Waals surface area contributed by atoms with Gasteiger partial charge in [-0.2, -0.15) is 8.78 Å². The smallest absolute Gasteiger partial charge is 0.387 e. The van der Waals surface area contributed by atoms with Gasteiger partial charge < -0.3 is 20.3 Å². The summed E-state index contributed by atoms with van der Waals surface area (Å²) in [5, 5.41) is 8.89. The van der Waals surface area contributed by atoms with Gasteiger partial charge in [0, 0.05) is 17.3 Å². The van der Waals surface area contributed by atoms with E-state index in [1.54, 1.807) is 0 Å². The maximum atomic E-state index is 12.0. The molecule has 0 radical (unpaired) electrons. The summed E-state index contributed by atoms with van der Waals surface area (Å²) in [6.07, 6.45) is 0. The molecule has 15 heavy (non-hydrogen) atoms.